The van der Waals surface area contributed by atoms with Gasteiger partial charge in [0.25, 0.3) is 5.56 Å². The molecule has 0 aliphatic heterocycles. The van der Waals surface area contributed by atoms with Gasteiger partial charge in [-0.15, -0.1) is 0 Å². The molecular formula is C12H17NO. The van der Waals surface area contributed by atoms with Crippen LogP contribution in [-0.2, 0) is 6.54 Å². The summed E-state index contributed by atoms with van der Waals surface area (Å²) in [5.74, 6) is 1.19. The molecule has 0 saturated heterocycles. The molecule has 0 bridgehead atoms. The van der Waals surface area contributed by atoms with Crippen molar-refractivity contribution in [3.63, 3.8) is 0 Å². The minimum Gasteiger partial charge on any atom is -0.312 e. The highest BCUT2D eigenvalue weighted by Crippen LogP contribution is 2.31. The highest BCUT2D eigenvalue weighted by Gasteiger charge is 2.23. The summed E-state index contributed by atoms with van der Waals surface area (Å²) in [5.41, 5.74) is 1.33. The van der Waals surface area contributed by atoms with E-state index in [4.69, 9.17) is 0 Å². The van der Waals surface area contributed by atoms with Crippen LogP contribution in [0.25, 0.3) is 0 Å². The maximum absolute atomic E-state index is 11.7. The van der Waals surface area contributed by atoms with Crippen LogP contribution in [0, 0.1) is 5.92 Å². The highest BCUT2D eigenvalue weighted by molar-refractivity contribution is 5.10. The van der Waals surface area contributed by atoms with Crippen molar-refractivity contribution >= 4 is 0 Å². The Kier molecular flexibility index (Phi) is 2.44. The summed E-state index contributed by atoms with van der Waals surface area (Å²) >= 11 is 0. The Morgan fingerprint density at radius 1 is 1.43 bits per heavy atom. The van der Waals surface area contributed by atoms with E-state index in [1.165, 1.54) is 18.5 Å². The quantitative estimate of drug-likeness (QED) is 0.719. The van der Waals surface area contributed by atoms with Gasteiger partial charge in [-0.25, -0.2) is 0 Å². The molecule has 0 radical (unpaired) electrons. The van der Waals surface area contributed by atoms with Gasteiger partial charge in [0.15, 0.2) is 0 Å². The average molecular weight is 191 g/mol. The normalized spacial score (nSPS) is 16.2. The predicted molar refractivity (Wildman–Crippen MR) is 57.5 cm³/mol. The third-order valence-electron chi connectivity index (χ3n) is 2.81. The van der Waals surface area contributed by atoms with Gasteiger partial charge in [-0.1, -0.05) is 19.9 Å². The third-order valence-corrected chi connectivity index (χ3v) is 2.81. The van der Waals surface area contributed by atoms with Crippen molar-refractivity contribution in [1.82, 2.24) is 4.57 Å². The predicted octanol–water partition coefficient (Wildman–Crippen LogP) is 2.38. The van der Waals surface area contributed by atoms with E-state index in [9.17, 15) is 4.79 Å². The van der Waals surface area contributed by atoms with Crippen LogP contribution in [0.5, 0.6) is 0 Å². The van der Waals surface area contributed by atoms with Crippen LogP contribution in [0.2, 0.25) is 0 Å². The van der Waals surface area contributed by atoms with Gasteiger partial charge in [0, 0.05) is 18.3 Å². The van der Waals surface area contributed by atoms with E-state index in [2.05, 4.69) is 19.9 Å². The Morgan fingerprint density at radius 2 is 2.14 bits per heavy atom. The lowest BCUT2D eigenvalue weighted by molar-refractivity contribution is 0.562. The van der Waals surface area contributed by atoms with Crippen molar-refractivity contribution in [2.45, 2.75) is 39.2 Å². The summed E-state index contributed by atoms with van der Waals surface area (Å²) < 4.78 is 1.95. The fourth-order valence-electron chi connectivity index (χ4n) is 1.79. The van der Waals surface area contributed by atoms with Crippen molar-refractivity contribution in [2.75, 3.05) is 0 Å². The number of pyridine rings is 1. The molecule has 0 spiro atoms. The van der Waals surface area contributed by atoms with Gasteiger partial charge in [-0.2, -0.15) is 0 Å². The van der Waals surface area contributed by atoms with Gasteiger partial charge < -0.3 is 4.57 Å². The Bertz CT molecular complexity index is 374. The van der Waals surface area contributed by atoms with Crippen molar-refractivity contribution in [1.29, 1.82) is 0 Å². The molecule has 1 fully saturated rings. The maximum Gasteiger partial charge on any atom is 0.250 e. The maximum atomic E-state index is 11.7. The number of rotatable bonds is 3. The molecule has 2 heteroatoms. The van der Waals surface area contributed by atoms with Crippen molar-refractivity contribution < 1.29 is 0 Å². The van der Waals surface area contributed by atoms with Crippen molar-refractivity contribution in [3.05, 3.63) is 34.2 Å². The molecule has 1 saturated carbocycles. The van der Waals surface area contributed by atoms with Crippen LogP contribution in [-0.4, -0.2) is 4.57 Å². The summed E-state index contributed by atoms with van der Waals surface area (Å²) in [6.45, 7) is 5.20. The van der Waals surface area contributed by atoms with Crippen LogP contribution in [0.4, 0.5) is 0 Å². The Balaban J connectivity index is 2.36. The average Bonchev–Trinajstić information content (AvgIpc) is 2.91. The van der Waals surface area contributed by atoms with Crippen LogP contribution in [0.3, 0.4) is 0 Å². The lowest BCUT2D eigenvalue weighted by atomic mass is 10.1. The molecule has 0 N–H and O–H groups in total. The number of nitrogens with zero attached hydrogens (tertiary/aromatic N) is 1. The summed E-state index contributed by atoms with van der Waals surface area (Å²) in [6, 6.07) is 5.59. The van der Waals surface area contributed by atoms with E-state index in [0.717, 1.165) is 12.5 Å². The van der Waals surface area contributed by atoms with E-state index >= 15 is 0 Å². The summed E-state index contributed by atoms with van der Waals surface area (Å²) in [6.07, 6.45) is 2.58. The second kappa shape index (κ2) is 3.60. The topological polar surface area (TPSA) is 22.0 Å². The Morgan fingerprint density at radius 3 is 2.71 bits per heavy atom. The van der Waals surface area contributed by atoms with Crippen LogP contribution < -0.4 is 5.56 Å². The third kappa shape index (κ3) is 1.89. The fourth-order valence-corrected chi connectivity index (χ4v) is 1.79. The molecule has 1 heterocycles. The second-order valence-corrected chi connectivity index (χ2v) is 4.50. The van der Waals surface area contributed by atoms with Gasteiger partial charge in [0.05, 0.1) is 0 Å². The zero-order chi connectivity index (χ0) is 10.1. The van der Waals surface area contributed by atoms with E-state index in [1.807, 2.05) is 10.6 Å². The van der Waals surface area contributed by atoms with E-state index in [-0.39, 0.29) is 5.56 Å². The van der Waals surface area contributed by atoms with E-state index in [1.54, 1.807) is 6.07 Å². The molecule has 0 amide bonds. The number of hydrogen-bond acceptors (Lipinski definition) is 1. The fraction of sp³-hybridized carbons (Fsp3) is 0.583. The van der Waals surface area contributed by atoms with Crippen LogP contribution in [0.15, 0.2) is 23.0 Å². The van der Waals surface area contributed by atoms with Crippen LogP contribution >= 0.6 is 0 Å². The highest BCUT2D eigenvalue weighted by atomic mass is 16.1. The minimum atomic E-state index is 0.156. The monoisotopic (exact) mass is 191 g/mol. The molecule has 1 aromatic rings. The van der Waals surface area contributed by atoms with Gasteiger partial charge >= 0.3 is 0 Å². The number of hydrogen-bond donors (Lipinski definition) is 0. The SMILES string of the molecule is CC(C)c1cccc(=O)n1CC1CC1. The van der Waals surface area contributed by atoms with Crippen molar-refractivity contribution in [2.24, 2.45) is 5.92 Å². The minimum absolute atomic E-state index is 0.156. The summed E-state index contributed by atoms with van der Waals surface area (Å²) in [5, 5.41) is 0. The van der Waals surface area contributed by atoms with Gasteiger partial charge in [0.2, 0.25) is 0 Å². The van der Waals surface area contributed by atoms with Crippen molar-refractivity contribution in [3.8, 4) is 0 Å². The first-order valence-electron chi connectivity index (χ1n) is 5.38. The van der Waals surface area contributed by atoms with Gasteiger partial charge in [-0.3, -0.25) is 4.79 Å². The van der Waals surface area contributed by atoms with E-state index < -0.39 is 0 Å². The molecule has 76 valence electrons. The molecular weight excluding hydrogens is 174 g/mol. The summed E-state index contributed by atoms with van der Waals surface area (Å²) in [7, 11) is 0. The smallest absolute Gasteiger partial charge is 0.250 e. The zero-order valence-electron chi connectivity index (χ0n) is 8.86. The molecule has 1 aliphatic rings. The zero-order valence-corrected chi connectivity index (χ0v) is 8.86. The van der Waals surface area contributed by atoms with Gasteiger partial charge in [-0.05, 0) is 30.7 Å². The van der Waals surface area contributed by atoms with E-state index in [0.29, 0.717) is 5.92 Å². The first-order valence-corrected chi connectivity index (χ1v) is 5.38. The summed E-state index contributed by atoms with van der Waals surface area (Å²) in [4.78, 5) is 11.7. The van der Waals surface area contributed by atoms with Gasteiger partial charge in [0.1, 0.15) is 0 Å². The second-order valence-electron chi connectivity index (χ2n) is 4.50. The lowest BCUT2D eigenvalue weighted by Crippen LogP contribution is -2.23. The largest absolute Gasteiger partial charge is 0.312 e. The first-order chi connectivity index (χ1) is 6.68. The lowest BCUT2D eigenvalue weighted by Gasteiger charge is -2.14. The first kappa shape index (κ1) is 9.50. The molecule has 0 atom stereocenters. The molecule has 14 heavy (non-hydrogen) atoms. The standard InChI is InChI=1S/C12H17NO/c1-9(2)11-4-3-5-12(14)13(11)8-10-6-7-10/h3-5,9-10H,6-8H2,1-2H3. The molecule has 1 aliphatic carbocycles. The molecule has 2 nitrogen and oxygen atoms in total. The Hall–Kier alpha value is -1.05. The molecule has 0 aromatic carbocycles. The Labute approximate surface area is 84.6 Å². The molecule has 0 unspecified atom stereocenters. The number of aromatic nitrogens is 1. The molecule has 2 rings (SSSR count). The molecule has 1 aromatic heterocycles. The van der Waals surface area contributed by atoms with Crippen LogP contribution in [0.1, 0.15) is 38.3 Å².